The number of anilines is 1. The Morgan fingerprint density at radius 2 is 2.11 bits per heavy atom. The minimum atomic E-state index is -0.445. The van der Waals surface area contributed by atoms with Crippen molar-refractivity contribution in [2.75, 3.05) is 5.32 Å². The van der Waals surface area contributed by atoms with Gasteiger partial charge in [-0.1, -0.05) is 18.2 Å². The van der Waals surface area contributed by atoms with Crippen molar-refractivity contribution in [1.29, 1.82) is 0 Å². The van der Waals surface area contributed by atoms with Crippen molar-refractivity contribution < 1.29 is 9.59 Å². The molecule has 2 aromatic rings. The number of nitrogens with zero attached hydrogens (tertiary/aromatic N) is 2. The molecule has 0 aliphatic heterocycles. The van der Waals surface area contributed by atoms with Gasteiger partial charge >= 0.3 is 6.03 Å². The molecule has 92 valence electrons. The lowest BCUT2D eigenvalue weighted by Gasteiger charge is -2.09. The summed E-state index contributed by atoms with van der Waals surface area (Å²) >= 11 is 0. The van der Waals surface area contributed by atoms with E-state index in [0.29, 0.717) is 11.3 Å². The topological polar surface area (TPSA) is 90.0 Å². The van der Waals surface area contributed by atoms with Crippen molar-refractivity contribution in [1.82, 2.24) is 9.55 Å². The quantitative estimate of drug-likeness (QED) is 0.843. The SMILES string of the molecule is NC(=O)Cc1ccccc1NC(=O)n1ccnc1. The number of carbonyl (C=O) groups is 2. The number of para-hydroxylation sites is 1. The Labute approximate surface area is 103 Å². The Morgan fingerprint density at radius 3 is 2.78 bits per heavy atom. The van der Waals surface area contributed by atoms with E-state index < -0.39 is 5.91 Å². The molecule has 0 saturated heterocycles. The van der Waals surface area contributed by atoms with Gasteiger partial charge in [-0.3, -0.25) is 9.36 Å². The number of carbonyl (C=O) groups excluding carboxylic acids is 2. The van der Waals surface area contributed by atoms with Crippen LogP contribution < -0.4 is 11.1 Å². The minimum Gasteiger partial charge on any atom is -0.369 e. The fourth-order valence-corrected chi connectivity index (χ4v) is 1.54. The number of imidazole rings is 1. The highest BCUT2D eigenvalue weighted by Gasteiger charge is 2.09. The van der Waals surface area contributed by atoms with Crippen LogP contribution in [0, 0.1) is 0 Å². The van der Waals surface area contributed by atoms with Crippen LogP contribution in [0.5, 0.6) is 0 Å². The summed E-state index contributed by atoms with van der Waals surface area (Å²) in [5, 5.41) is 2.69. The molecule has 0 atom stereocenters. The number of nitrogens with one attached hydrogen (secondary N) is 1. The summed E-state index contributed by atoms with van der Waals surface area (Å²) in [7, 11) is 0. The Balaban J connectivity index is 2.18. The molecule has 6 heteroatoms. The summed E-state index contributed by atoms with van der Waals surface area (Å²) in [6, 6.07) is 6.67. The lowest BCUT2D eigenvalue weighted by atomic mass is 10.1. The zero-order chi connectivity index (χ0) is 13.0. The van der Waals surface area contributed by atoms with Gasteiger partial charge < -0.3 is 11.1 Å². The highest BCUT2D eigenvalue weighted by Crippen LogP contribution is 2.15. The monoisotopic (exact) mass is 244 g/mol. The van der Waals surface area contributed by atoms with Crippen LogP contribution in [0.1, 0.15) is 5.56 Å². The molecule has 2 amide bonds. The molecule has 0 bridgehead atoms. The Morgan fingerprint density at radius 1 is 1.33 bits per heavy atom. The highest BCUT2D eigenvalue weighted by molar-refractivity contribution is 5.92. The van der Waals surface area contributed by atoms with Crippen LogP contribution in [0.4, 0.5) is 10.5 Å². The van der Waals surface area contributed by atoms with E-state index in [1.807, 2.05) is 0 Å². The lowest BCUT2D eigenvalue weighted by molar-refractivity contribution is -0.117. The number of benzene rings is 1. The van der Waals surface area contributed by atoms with Crippen molar-refractivity contribution in [2.24, 2.45) is 5.73 Å². The average Bonchev–Trinajstić information content (AvgIpc) is 2.84. The van der Waals surface area contributed by atoms with Gasteiger partial charge in [0.25, 0.3) is 0 Å². The molecule has 1 aromatic heterocycles. The number of primary amides is 1. The Bertz CT molecular complexity index is 563. The second-order valence-electron chi connectivity index (χ2n) is 3.70. The largest absolute Gasteiger partial charge is 0.369 e. The van der Waals surface area contributed by atoms with Gasteiger partial charge in [-0.05, 0) is 11.6 Å². The maximum absolute atomic E-state index is 11.8. The third-order valence-electron chi connectivity index (χ3n) is 2.36. The number of aromatic nitrogens is 2. The summed E-state index contributed by atoms with van der Waals surface area (Å²) < 4.78 is 1.31. The van der Waals surface area contributed by atoms with Crippen molar-refractivity contribution in [2.45, 2.75) is 6.42 Å². The molecule has 1 heterocycles. The van der Waals surface area contributed by atoms with Crippen LogP contribution in [0.2, 0.25) is 0 Å². The van der Waals surface area contributed by atoms with Gasteiger partial charge in [0.2, 0.25) is 5.91 Å². The first-order valence-electron chi connectivity index (χ1n) is 5.32. The molecule has 6 nitrogen and oxygen atoms in total. The normalized spacial score (nSPS) is 10.0. The van der Waals surface area contributed by atoms with Crippen LogP contribution in [0.3, 0.4) is 0 Å². The first-order chi connectivity index (χ1) is 8.66. The summed E-state index contributed by atoms with van der Waals surface area (Å²) in [6.07, 6.45) is 4.52. The smallest absolute Gasteiger partial charge is 0.331 e. The first kappa shape index (κ1) is 11.8. The molecule has 0 aliphatic carbocycles. The predicted octanol–water partition coefficient (Wildman–Crippen LogP) is 0.991. The molecule has 2 rings (SSSR count). The second kappa shape index (κ2) is 5.13. The van der Waals surface area contributed by atoms with Gasteiger partial charge in [-0.25, -0.2) is 9.78 Å². The second-order valence-corrected chi connectivity index (χ2v) is 3.70. The number of nitrogens with two attached hydrogens (primary N) is 1. The first-order valence-corrected chi connectivity index (χ1v) is 5.32. The molecule has 0 radical (unpaired) electrons. The third-order valence-corrected chi connectivity index (χ3v) is 2.36. The van der Waals surface area contributed by atoms with Crippen molar-refractivity contribution >= 4 is 17.6 Å². The summed E-state index contributed by atoms with van der Waals surface area (Å²) in [6.45, 7) is 0. The van der Waals surface area contributed by atoms with Crippen LogP contribution in [-0.4, -0.2) is 21.5 Å². The van der Waals surface area contributed by atoms with E-state index in [9.17, 15) is 9.59 Å². The maximum Gasteiger partial charge on any atom is 0.331 e. The maximum atomic E-state index is 11.8. The Kier molecular flexibility index (Phi) is 3.38. The molecule has 18 heavy (non-hydrogen) atoms. The highest BCUT2D eigenvalue weighted by atomic mass is 16.2. The fraction of sp³-hybridized carbons (Fsp3) is 0.0833. The zero-order valence-corrected chi connectivity index (χ0v) is 9.54. The predicted molar refractivity (Wildman–Crippen MR) is 66.0 cm³/mol. The lowest BCUT2D eigenvalue weighted by Crippen LogP contribution is -2.20. The van der Waals surface area contributed by atoms with Gasteiger partial charge in [-0.15, -0.1) is 0 Å². The molecule has 0 unspecified atom stereocenters. The van der Waals surface area contributed by atoms with E-state index in [-0.39, 0.29) is 12.5 Å². The van der Waals surface area contributed by atoms with E-state index in [2.05, 4.69) is 10.3 Å². The van der Waals surface area contributed by atoms with Crippen LogP contribution in [0.25, 0.3) is 0 Å². The molecule has 0 fully saturated rings. The van der Waals surface area contributed by atoms with E-state index >= 15 is 0 Å². The van der Waals surface area contributed by atoms with Crippen molar-refractivity contribution in [3.63, 3.8) is 0 Å². The summed E-state index contributed by atoms with van der Waals surface area (Å²) in [5.41, 5.74) is 6.40. The van der Waals surface area contributed by atoms with Gasteiger partial charge in [0.1, 0.15) is 6.33 Å². The van der Waals surface area contributed by atoms with Crippen LogP contribution in [-0.2, 0) is 11.2 Å². The summed E-state index contributed by atoms with van der Waals surface area (Å²) in [5.74, 6) is -0.445. The van der Waals surface area contributed by atoms with Crippen molar-refractivity contribution in [3.05, 3.63) is 48.5 Å². The van der Waals surface area contributed by atoms with E-state index in [1.54, 1.807) is 24.3 Å². The van der Waals surface area contributed by atoms with E-state index in [1.165, 1.54) is 23.3 Å². The third kappa shape index (κ3) is 2.73. The van der Waals surface area contributed by atoms with Crippen LogP contribution in [0.15, 0.2) is 43.0 Å². The molecule has 0 spiro atoms. The summed E-state index contributed by atoms with van der Waals surface area (Å²) in [4.78, 5) is 26.5. The molecule has 1 aromatic carbocycles. The Hall–Kier alpha value is -2.63. The molecule has 0 saturated carbocycles. The van der Waals surface area contributed by atoms with Gasteiger partial charge in [0.15, 0.2) is 0 Å². The number of hydrogen-bond donors (Lipinski definition) is 2. The van der Waals surface area contributed by atoms with Crippen molar-refractivity contribution in [3.8, 4) is 0 Å². The van der Waals surface area contributed by atoms with Gasteiger partial charge in [0.05, 0.1) is 6.42 Å². The van der Waals surface area contributed by atoms with Crippen LogP contribution >= 0.6 is 0 Å². The standard InChI is InChI=1S/C12H12N4O2/c13-11(17)7-9-3-1-2-4-10(9)15-12(18)16-6-5-14-8-16/h1-6,8H,7H2,(H2,13,17)(H,15,18). The molecule has 0 aliphatic rings. The number of amides is 2. The molecular weight excluding hydrogens is 232 g/mol. The molecule has 3 N–H and O–H groups in total. The minimum absolute atomic E-state index is 0.0837. The van der Waals surface area contributed by atoms with E-state index in [4.69, 9.17) is 5.73 Å². The number of hydrogen-bond acceptors (Lipinski definition) is 3. The van der Waals surface area contributed by atoms with Gasteiger partial charge in [0, 0.05) is 18.1 Å². The number of rotatable bonds is 3. The average molecular weight is 244 g/mol. The van der Waals surface area contributed by atoms with E-state index in [0.717, 1.165) is 0 Å². The van der Waals surface area contributed by atoms with Gasteiger partial charge in [-0.2, -0.15) is 0 Å². The molecular formula is C12H12N4O2. The zero-order valence-electron chi connectivity index (χ0n) is 9.54. The fourth-order valence-electron chi connectivity index (χ4n) is 1.54.